The van der Waals surface area contributed by atoms with E-state index in [1.54, 1.807) is 66.7 Å². The van der Waals surface area contributed by atoms with E-state index in [2.05, 4.69) is 4.98 Å². The second-order valence-corrected chi connectivity index (χ2v) is 7.46. The lowest BCUT2D eigenvalue weighted by molar-refractivity contribution is -0.148. The number of carbonyl (C=O) groups excluding carboxylic acids is 2. The minimum atomic E-state index is -1.14. The number of esters is 1. The van der Waals surface area contributed by atoms with Crippen molar-refractivity contribution in [2.45, 2.75) is 12.6 Å². The van der Waals surface area contributed by atoms with Gasteiger partial charge in [-0.15, -0.1) is 0 Å². The van der Waals surface area contributed by atoms with Crippen LogP contribution in [0.3, 0.4) is 0 Å². The smallest absolute Gasteiger partial charge is 0.327 e. The van der Waals surface area contributed by atoms with Crippen molar-refractivity contribution in [1.29, 1.82) is 0 Å². The molecule has 33 heavy (non-hydrogen) atoms. The molecule has 1 atom stereocenters. The third-order valence-corrected chi connectivity index (χ3v) is 5.30. The molecule has 162 valence electrons. The van der Waals surface area contributed by atoms with Crippen molar-refractivity contribution in [3.05, 3.63) is 113 Å². The standard InChI is InChI=1S/C26H18N2O5/c29-21(15-28-16-27-22-19-13-7-8-14-20(19)32-25(22)26(28)31)33-24(18-11-5-2-6-12-18)23(30)17-9-3-1-4-10-17/h1-14,16,24H,15H2. The highest BCUT2D eigenvalue weighted by Crippen LogP contribution is 2.25. The van der Waals surface area contributed by atoms with E-state index in [1.165, 1.54) is 6.33 Å². The van der Waals surface area contributed by atoms with E-state index in [-0.39, 0.29) is 11.4 Å². The SMILES string of the molecule is O=C(Cn1cnc2c(oc3ccccc32)c1=O)OC(C(=O)c1ccccc1)c1ccccc1. The van der Waals surface area contributed by atoms with Crippen LogP contribution in [0.15, 0.2) is 100 Å². The van der Waals surface area contributed by atoms with Gasteiger partial charge in [-0.25, -0.2) is 4.98 Å². The third kappa shape index (κ3) is 3.92. The number of furan rings is 1. The molecule has 0 radical (unpaired) electrons. The summed E-state index contributed by atoms with van der Waals surface area (Å²) in [5, 5.41) is 0.719. The van der Waals surface area contributed by atoms with Gasteiger partial charge < -0.3 is 9.15 Å². The monoisotopic (exact) mass is 438 g/mol. The molecular formula is C26H18N2O5. The van der Waals surface area contributed by atoms with Gasteiger partial charge in [-0.3, -0.25) is 19.0 Å². The fourth-order valence-corrected chi connectivity index (χ4v) is 3.69. The van der Waals surface area contributed by atoms with Crippen molar-refractivity contribution < 1.29 is 18.7 Å². The number of nitrogens with zero attached hydrogens (tertiary/aromatic N) is 2. The molecule has 5 rings (SSSR count). The molecule has 0 amide bonds. The Labute approximate surface area is 187 Å². The van der Waals surface area contributed by atoms with Crippen LogP contribution in [-0.4, -0.2) is 21.3 Å². The van der Waals surface area contributed by atoms with Crippen molar-refractivity contribution >= 4 is 33.8 Å². The van der Waals surface area contributed by atoms with Crippen LogP contribution in [0, 0.1) is 0 Å². The molecule has 3 aromatic carbocycles. The molecule has 0 aliphatic rings. The molecule has 0 fully saturated rings. The lowest BCUT2D eigenvalue weighted by Crippen LogP contribution is -2.28. The molecule has 0 spiro atoms. The van der Waals surface area contributed by atoms with E-state index >= 15 is 0 Å². The summed E-state index contributed by atoms with van der Waals surface area (Å²) in [6.45, 7) is -0.412. The first-order valence-electron chi connectivity index (χ1n) is 10.3. The molecule has 0 aliphatic carbocycles. The summed E-state index contributed by atoms with van der Waals surface area (Å²) < 4.78 is 12.3. The Hall–Kier alpha value is -4.52. The minimum Gasteiger partial charge on any atom is -0.448 e. The quantitative estimate of drug-likeness (QED) is 0.290. The van der Waals surface area contributed by atoms with Gasteiger partial charge in [-0.1, -0.05) is 72.8 Å². The highest BCUT2D eigenvalue weighted by molar-refractivity contribution is 6.02. The highest BCUT2D eigenvalue weighted by atomic mass is 16.5. The Morgan fingerprint density at radius 2 is 1.58 bits per heavy atom. The molecule has 0 saturated heterocycles. The van der Waals surface area contributed by atoms with E-state index < -0.39 is 24.2 Å². The summed E-state index contributed by atoms with van der Waals surface area (Å²) in [7, 11) is 0. The van der Waals surface area contributed by atoms with Crippen LogP contribution in [0.5, 0.6) is 0 Å². The molecule has 1 unspecified atom stereocenters. The first-order chi connectivity index (χ1) is 16.1. The second-order valence-electron chi connectivity index (χ2n) is 7.46. The van der Waals surface area contributed by atoms with Gasteiger partial charge >= 0.3 is 5.97 Å². The van der Waals surface area contributed by atoms with Gasteiger partial charge in [0.15, 0.2) is 6.10 Å². The zero-order valence-electron chi connectivity index (χ0n) is 17.4. The second kappa shape index (κ2) is 8.55. The number of para-hydroxylation sites is 1. The van der Waals surface area contributed by atoms with Crippen LogP contribution >= 0.6 is 0 Å². The first-order valence-corrected chi connectivity index (χ1v) is 10.3. The molecule has 7 nitrogen and oxygen atoms in total. The predicted molar refractivity (Wildman–Crippen MR) is 122 cm³/mol. The summed E-state index contributed by atoms with van der Waals surface area (Å²) >= 11 is 0. The van der Waals surface area contributed by atoms with Gasteiger partial charge in [0.05, 0.1) is 6.33 Å². The van der Waals surface area contributed by atoms with E-state index in [1.807, 2.05) is 18.2 Å². The third-order valence-electron chi connectivity index (χ3n) is 5.30. The molecule has 2 heterocycles. The Kier molecular flexibility index (Phi) is 5.28. The Balaban J connectivity index is 1.44. The topological polar surface area (TPSA) is 91.4 Å². The molecule has 7 heteroatoms. The molecule has 0 saturated carbocycles. The number of ether oxygens (including phenoxy) is 1. The molecule has 0 N–H and O–H groups in total. The van der Waals surface area contributed by atoms with Gasteiger partial charge in [-0.05, 0) is 12.1 Å². The van der Waals surface area contributed by atoms with Crippen molar-refractivity contribution in [3.63, 3.8) is 0 Å². The zero-order chi connectivity index (χ0) is 22.8. The van der Waals surface area contributed by atoms with Crippen molar-refractivity contribution in [3.8, 4) is 0 Å². The average molecular weight is 438 g/mol. The fraction of sp³-hybridized carbons (Fsp3) is 0.0769. The number of ketones is 1. The maximum atomic E-state index is 13.1. The average Bonchev–Trinajstić information content (AvgIpc) is 3.24. The van der Waals surface area contributed by atoms with Crippen LogP contribution in [0.25, 0.3) is 22.1 Å². The van der Waals surface area contributed by atoms with Gasteiger partial charge in [-0.2, -0.15) is 0 Å². The van der Waals surface area contributed by atoms with E-state index in [4.69, 9.17) is 9.15 Å². The van der Waals surface area contributed by atoms with Crippen molar-refractivity contribution in [1.82, 2.24) is 9.55 Å². The van der Waals surface area contributed by atoms with Crippen molar-refractivity contribution in [2.75, 3.05) is 0 Å². The summed E-state index contributed by atoms with van der Waals surface area (Å²) in [6.07, 6.45) is 0.143. The van der Waals surface area contributed by atoms with E-state index in [0.29, 0.717) is 22.2 Å². The summed E-state index contributed by atoms with van der Waals surface area (Å²) in [4.78, 5) is 43.1. The molecule has 5 aromatic rings. The van der Waals surface area contributed by atoms with Gasteiger partial charge in [0.1, 0.15) is 17.6 Å². The van der Waals surface area contributed by atoms with Crippen molar-refractivity contribution in [2.24, 2.45) is 0 Å². The fourth-order valence-electron chi connectivity index (χ4n) is 3.69. The van der Waals surface area contributed by atoms with Crippen LogP contribution < -0.4 is 5.56 Å². The first kappa shape index (κ1) is 20.4. The number of rotatable bonds is 6. The number of Topliss-reactive ketones (excluding diaryl/α,β-unsaturated/α-hetero) is 1. The Morgan fingerprint density at radius 3 is 2.33 bits per heavy atom. The maximum Gasteiger partial charge on any atom is 0.327 e. The summed E-state index contributed by atoms with van der Waals surface area (Å²) in [5.74, 6) is -1.10. The minimum absolute atomic E-state index is 0.0615. The Bertz CT molecular complexity index is 1520. The number of fused-ring (bicyclic) bond motifs is 3. The zero-order valence-corrected chi connectivity index (χ0v) is 17.4. The van der Waals surface area contributed by atoms with Gasteiger partial charge in [0, 0.05) is 16.5 Å². The number of hydrogen-bond acceptors (Lipinski definition) is 6. The van der Waals surface area contributed by atoms with Gasteiger partial charge in [0.2, 0.25) is 11.4 Å². The summed E-state index contributed by atoms with van der Waals surface area (Å²) in [5.41, 5.74) is 1.49. The Morgan fingerprint density at radius 1 is 0.909 bits per heavy atom. The number of aromatic nitrogens is 2. The lowest BCUT2D eigenvalue weighted by Gasteiger charge is -2.17. The van der Waals surface area contributed by atoms with Crippen LogP contribution in [0.1, 0.15) is 22.0 Å². The van der Waals surface area contributed by atoms with E-state index in [0.717, 1.165) is 9.95 Å². The largest absolute Gasteiger partial charge is 0.448 e. The lowest BCUT2D eigenvalue weighted by atomic mass is 10.00. The molecule has 0 bridgehead atoms. The molecule has 0 aliphatic heterocycles. The van der Waals surface area contributed by atoms with Crippen LogP contribution in [-0.2, 0) is 16.1 Å². The summed E-state index contributed by atoms with van der Waals surface area (Å²) in [6, 6.07) is 24.6. The van der Waals surface area contributed by atoms with Gasteiger partial charge in [0.25, 0.3) is 5.56 Å². The number of carbonyl (C=O) groups is 2. The number of benzene rings is 3. The number of hydrogen-bond donors (Lipinski definition) is 0. The van der Waals surface area contributed by atoms with Crippen LogP contribution in [0.4, 0.5) is 0 Å². The normalized spacial score (nSPS) is 12.0. The molecular weight excluding hydrogens is 420 g/mol. The van der Waals surface area contributed by atoms with E-state index in [9.17, 15) is 14.4 Å². The highest BCUT2D eigenvalue weighted by Gasteiger charge is 2.26. The predicted octanol–water partition coefficient (Wildman–Crippen LogP) is 4.31. The molecule has 2 aromatic heterocycles. The van der Waals surface area contributed by atoms with Crippen LogP contribution in [0.2, 0.25) is 0 Å². The maximum absolute atomic E-state index is 13.1.